The van der Waals surface area contributed by atoms with Gasteiger partial charge in [0.1, 0.15) is 0 Å². The van der Waals surface area contributed by atoms with E-state index >= 15 is 0 Å². The topological polar surface area (TPSA) is 27.7 Å². The molecule has 84 valence electrons. The molecule has 0 aromatic heterocycles. The van der Waals surface area contributed by atoms with E-state index in [9.17, 15) is 0 Å². The van der Waals surface area contributed by atoms with E-state index in [1.54, 1.807) is 0 Å². The van der Waals surface area contributed by atoms with E-state index in [1.807, 2.05) is 6.55 Å². The molecule has 0 saturated heterocycles. The van der Waals surface area contributed by atoms with Crippen LogP contribution in [0, 0.1) is 0 Å². The van der Waals surface area contributed by atoms with Crippen LogP contribution >= 0.6 is 0 Å². The van der Waals surface area contributed by atoms with Crippen LogP contribution in [0.3, 0.4) is 0 Å². The molecule has 2 radical (unpaired) electrons. The zero-order chi connectivity index (χ0) is 11.4. The largest absolute Gasteiger partial charge is 0.439 e. The number of hydrogen-bond acceptors (Lipinski definition) is 3. The predicted molar refractivity (Wildman–Crippen MR) is 68.7 cm³/mol. The van der Waals surface area contributed by atoms with Crippen molar-refractivity contribution in [2.24, 2.45) is 0 Å². The highest BCUT2D eigenvalue weighted by Crippen LogP contribution is 2.12. The second kappa shape index (κ2) is 5.73. The summed E-state index contributed by atoms with van der Waals surface area (Å²) >= 11 is 0. The normalized spacial score (nSPS) is 15.6. The van der Waals surface area contributed by atoms with Crippen LogP contribution in [0.4, 0.5) is 0 Å². The molecule has 7 heteroatoms. The molecule has 0 aliphatic carbocycles. The van der Waals surface area contributed by atoms with Crippen LogP contribution in [0.2, 0.25) is 45.8 Å². The highest BCUT2D eigenvalue weighted by atomic mass is 28.5. The van der Waals surface area contributed by atoms with Crippen molar-refractivity contribution in [2.75, 3.05) is 0 Å². The van der Waals surface area contributed by atoms with Crippen LogP contribution in [0.15, 0.2) is 0 Å². The molecule has 0 rings (SSSR count). The molecular weight excluding hydrogens is 244 g/mol. The van der Waals surface area contributed by atoms with Crippen molar-refractivity contribution in [3.63, 3.8) is 0 Å². The van der Waals surface area contributed by atoms with Gasteiger partial charge in [-0.1, -0.05) is 0 Å². The van der Waals surface area contributed by atoms with Gasteiger partial charge in [-0.2, -0.15) is 0 Å². The van der Waals surface area contributed by atoms with Gasteiger partial charge in [0.25, 0.3) is 9.28 Å². The fraction of sp³-hybridized carbons (Fsp3) is 1.00. The Morgan fingerprint density at radius 1 is 1.00 bits per heavy atom. The predicted octanol–water partition coefficient (Wildman–Crippen LogP) is 2.09. The van der Waals surface area contributed by atoms with Crippen molar-refractivity contribution in [2.45, 2.75) is 45.8 Å². The summed E-state index contributed by atoms with van der Waals surface area (Å²) in [4.78, 5) is 0. The van der Waals surface area contributed by atoms with Crippen LogP contribution in [0.1, 0.15) is 0 Å². The van der Waals surface area contributed by atoms with Crippen molar-refractivity contribution >= 4 is 35.9 Å². The molecule has 14 heavy (non-hydrogen) atoms. The number of hydrogen-bond donors (Lipinski definition) is 0. The molecule has 0 bridgehead atoms. The molecular formula is C7H22O3Si4. The van der Waals surface area contributed by atoms with Crippen LogP contribution in [0.5, 0.6) is 0 Å². The highest BCUT2D eigenvalue weighted by Gasteiger charge is 2.29. The molecule has 1 unspecified atom stereocenters. The maximum Gasteiger partial charge on any atom is 0.312 e. The summed E-state index contributed by atoms with van der Waals surface area (Å²) in [6, 6.07) is 0. The Balaban J connectivity index is 3.98. The van der Waals surface area contributed by atoms with Crippen molar-refractivity contribution in [1.29, 1.82) is 0 Å². The summed E-state index contributed by atoms with van der Waals surface area (Å²) in [5, 5.41) is 0. The molecule has 0 N–H and O–H groups in total. The Kier molecular flexibility index (Phi) is 6.03. The summed E-state index contributed by atoms with van der Waals surface area (Å²) in [7, 11) is -4.30. The smallest absolute Gasteiger partial charge is 0.312 e. The second-order valence-corrected chi connectivity index (χ2v) is 15.9. The zero-order valence-electron chi connectivity index (χ0n) is 10.3. The molecule has 0 saturated carbocycles. The summed E-state index contributed by atoms with van der Waals surface area (Å²) in [6.07, 6.45) is 0. The first-order valence-electron chi connectivity index (χ1n) is 4.87. The van der Waals surface area contributed by atoms with Gasteiger partial charge in [0.2, 0.25) is 9.76 Å². The molecule has 0 aliphatic heterocycles. The van der Waals surface area contributed by atoms with Crippen molar-refractivity contribution in [3.05, 3.63) is 0 Å². The highest BCUT2D eigenvalue weighted by molar-refractivity contribution is 6.80. The Labute approximate surface area is 94.3 Å². The molecule has 3 nitrogen and oxygen atoms in total. The van der Waals surface area contributed by atoms with Crippen LogP contribution < -0.4 is 0 Å². The van der Waals surface area contributed by atoms with Gasteiger partial charge in [-0.25, -0.2) is 0 Å². The van der Waals surface area contributed by atoms with Gasteiger partial charge in [0.15, 0.2) is 8.32 Å². The van der Waals surface area contributed by atoms with E-state index in [0.29, 0.717) is 9.76 Å². The van der Waals surface area contributed by atoms with E-state index in [-0.39, 0.29) is 0 Å². The standard InChI is InChI=1S/C7H22O3Si4/c1-11-8-14(6,7)10-12(2)9-13(3,4)5/h12H,1-7H3. The fourth-order valence-corrected chi connectivity index (χ4v) is 11.6. The van der Waals surface area contributed by atoms with E-state index in [2.05, 4.69) is 39.3 Å². The fourth-order valence-electron chi connectivity index (χ4n) is 1.19. The third kappa shape index (κ3) is 8.09. The van der Waals surface area contributed by atoms with E-state index < -0.39 is 26.2 Å². The van der Waals surface area contributed by atoms with Gasteiger partial charge in [-0.3, -0.25) is 0 Å². The van der Waals surface area contributed by atoms with E-state index in [1.165, 1.54) is 0 Å². The first kappa shape index (κ1) is 14.7. The summed E-state index contributed by atoms with van der Waals surface area (Å²) < 4.78 is 17.5. The van der Waals surface area contributed by atoms with E-state index in [0.717, 1.165) is 0 Å². The lowest BCUT2D eigenvalue weighted by Crippen LogP contribution is -2.45. The van der Waals surface area contributed by atoms with Gasteiger partial charge in [0, 0.05) is 0 Å². The van der Waals surface area contributed by atoms with Gasteiger partial charge in [-0.15, -0.1) is 0 Å². The first-order valence-corrected chi connectivity index (χ1v) is 14.6. The maximum atomic E-state index is 5.93. The molecule has 0 aromatic carbocycles. The summed E-state index contributed by atoms with van der Waals surface area (Å²) in [5.74, 6) is 0. The second-order valence-electron chi connectivity index (χ2n) is 4.62. The lowest BCUT2D eigenvalue weighted by molar-refractivity contribution is 0.362. The van der Waals surface area contributed by atoms with Gasteiger partial charge in [0.05, 0.1) is 0 Å². The molecule has 0 heterocycles. The Morgan fingerprint density at radius 3 is 1.86 bits per heavy atom. The van der Waals surface area contributed by atoms with Crippen molar-refractivity contribution < 1.29 is 12.3 Å². The van der Waals surface area contributed by atoms with Crippen molar-refractivity contribution in [3.8, 4) is 0 Å². The molecule has 0 aromatic rings. The van der Waals surface area contributed by atoms with Gasteiger partial charge < -0.3 is 12.3 Å². The third-order valence-corrected chi connectivity index (χ3v) is 11.9. The Bertz CT molecular complexity index is 169. The van der Waals surface area contributed by atoms with Crippen LogP contribution in [-0.2, 0) is 12.3 Å². The monoisotopic (exact) mass is 266 g/mol. The maximum absolute atomic E-state index is 5.93. The minimum Gasteiger partial charge on any atom is -0.439 e. The SMILES string of the molecule is C[Si]O[Si](C)(C)O[SiH](C)O[Si](C)(C)C. The van der Waals surface area contributed by atoms with Crippen LogP contribution in [-0.4, -0.2) is 35.9 Å². The number of rotatable bonds is 6. The molecule has 1 atom stereocenters. The molecule has 0 spiro atoms. The van der Waals surface area contributed by atoms with Gasteiger partial charge in [-0.05, 0) is 45.8 Å². The minimum absolute atomic E-state index is 0.512. The summed E-state index contributed by atoms with van der Waals surface area (Å²) in [6.45, 7) is 14.9. The van der Waals surface area contributed by atoms with Crippen molar-refractivity contribution in [1.82, 2.24) is 0 Å². The quantitative estimate of drug-likeness (QED) is 0.689. The van der Waals surface area contributed by atoms with Crippen LogP contribution in [0.25, 0.3) is 0 Å². The van der Waals surface area contributed by atoms with Gasteiger partial charge >= 0.3 is 8.56 Å². The van der Waals surface area contributed by atoms with E-state index in [4.69, 9.17) is 12.3 Å². The lowest BCUT2D eigenvalue weighted by atomic mass is 11.8. The zero-order valence-corrected chi connectivity index (χ0v) is 14.5. The minimum atomic E-state index is -1.89. The average molecular weight is 267 g/mol. The lowest BCUT2D eigenvalue weighted by Gasteiger charge is -2.30. The third-order valence-electron chi connectivity index (χ3n) is 1.32. The molecule has 0 amide bonds. The Hall–Kier alpha value is 0.748. The Morgan fingerprint density at radius 2 is 1.50 bits per heavy atom. The first-order chi connectivity index (χ1) is 6.16. The average Bonchev–Trinajstić information content (AvgIpc) is 1.78. The molecule has 0 fully saturated rings. The summed E-state index contributed by atoms with van der Waals surface area (Å²) in [5.41, 5.74) is 0. The molecule has 0 aliphatic rings.